The number of hydrogen-bond donors (Lipinski definition) is 4. The van der Waals surface area contributed by atoms with Crippen LogP contribution in [-0.2, 0) is 0 Å². The average molecular weight is 473 g/mol. The van der Waals surface area contributed by atoms with E-state index in [1.165, 1.54) is 11.0 Å². The minimum absolute atomic E-state index is 0.00582. The summed E-state index contributed by atoms with van der Waals surface area (Å²) in [7, 11) is 2.12. The molecule has 4 rings (SSSR count). The number of amidine groups is 2. The second-order valence-electron chi connectivity index (χ2n) is 9.14. The zero-order valence-corrected chi connectivity index (χ0v) is 20.4. The summed E-state index contributed by atoms with van der Waals surface area (Å²) in [5.41, 5.74) is 2.96. The molecule has 3 aromatic rings. The van der Waals surface area contributed by atoms with Gasteiger partial charge < -0.3 is 20.0 Å². The van der Waals surface area contributed by atoms with Crippen LogP contribution in [0.3, 0.4) is 0 Å². The van der Waals surface area contributed by atoms with Crippen molar-refractivity contribution in [2.75, 3.05) is 43.0 Å². The Bertz CT molecular complexity index is 1200. The lowest BCUT2D eigenvalue weighted by molar-refractivity contribution is 0.313. The molecule has 8 heteroatoms. The Labute approximate surface area is 206 Å². The van der Waals surface area contributed by atoms with Crippen LogP contribution in [0.2, 0.25) is 0 Å². The van der Waals surface area contributed by atoms with Crippen molar-refractivity contribution in [3.63, 3.8) is 0 Å². The minimum atomic E-state index is -0.218. The Balaban J connectivity index is 1.73. The second kappa shape index (κ2) is 10.1. The fraction of sp³-hybridized carbons (Fsp3) is 0.296. The first-order valence-electron chi connectivity index (χ1n) is 11.7. The predicted octanol–water partition coefficient (Wildman–Crippen LogP) is 4.23. The number of nitrogens with zero attached hydrogens (tertiary/aromatic N) is 4. The van der Waals surface area contributed by atoms with Gasteiger partial charge in [0.15, 0.2) is 5.84 Å². The molecule has 0 amide bonds. The number of aromatic nitrogens is 1. The first-order valence-corrected chi connectivity index (χ1v) is 11.7. The summed E-state index contributed by atoms with van der Waals surface area (Å²) in [4.78, 5) is 10.4. The number of hydrogen-bond acceptors (Lipinski definition) is 7. The van der Waals surface area contributed by atoms with Crippen molar-refractivity contribution in [2.24, 2.45) is 0 Å². The molecule has 0 bridgehead atoms. The number of pyridine rings is 1. The van der Waals surface area contributed by atoms with Crippen LogP contribution >= 0.6 is 0 Å². The van der Waals surface area contributed by atoms with Gasteiger partial charge in [0.05, 0.1) is 5.56 Å². The summed E-state index contributed by atoms with van der Waals surface area (Å²) in [6.07, 6.45) is 1.61. The highest BCUT2D eigenvalue weighted by atomic mass is 16.3. The van der Waals surface area contributed by atoms with Crippen LogP contribution in [0.15, 0.2) is 60.8 Å². The van der Waals surface area contributed by atoms with E-state index < -0.39 is 0 Å². The van der Waals surface area contributed by atoms with Gasteiger partial charge in [-0.15, -0.1) is 0 Å². The molecule has 1 aromatic heterocycles. The molecular weight excluding hydrogens is 440 g/mol. The fourth-order valence-corrected chi connectivity index (χ4v) is 4.23. The summed E-state index contributed by atoms with van der Waals surface area (Å²) in [5.74, 6) is -0.302. The lowest BCUT2D eigenvalue weighted by atomic mass is 9.98. The molecule has 0 saturated carbocycles. The van der Waals surface area contributed by atoms with Gasteiger partial charge in [-0.25, -0.2) is 0 Å². The molecule has 0 spiro atoms. The number of phenolic OH excluding ortho intramolecular Hbond substituents is 2. The summed E-state index contributed by atoms with van der Waals surface area (Å²) < 4.78 is 0. The van der Waals surface area contributed by atoms with Gasteiger partial charge in [0, 0.05) is 49.8 Å². The van der Waals surface area contributed by atoms with E-state index in [1.54, 1.807) is 30.5 Å². The Morgan fingerprint density at radius 1 is 0.914 bits per heavy atom. The lowest BCUT2D eigenvalue weighted by Gasteiger charge is -2.34. The van der Waals surface area contributed by atoms with Crippen LogP contribution in [-0.4, -0.2) is 65.0 Å². The van der Waals surface area contributed by atoms with E-state index in [9.17, 15) is 10.2 Å². The number of piperazine rings is 1. The van der Waals surface area contributed by atoms with E-state index in [-0.39, 0.29) is 34.7 Å². The summed E-state index contributed by atoms with van der Waals surface area (Å²) in [5, 5.41) is 38.8. The SMILES string of the molecule is CC(C)c1cc(C(=N)N(C(=N)c2ccccn2)c2ccc(N3CCN(C)CC3)cc2)c(O)cc1O. The van der Waals surface area contributed by atoms with Gasteiger partial charge >= 0.3 is 0 Å². The number of nitrogens with one attached hydrogen (secondary N) is 2. The highest BCUT2D eigenvalue weighted by molar-refractivity contribution is 6.27. The van der Waals surface area contributed by atoms with Crippen LogP contribution in [0, 0.1) is 10.8 Å². The van der Waals surface area contributed by atoms with E-state index in [1.807, 2.05) is 38.1 Å². The van der Waals surface area contributed by atoms with Crippen molar-refractivity contribution in [1.29, 1.82) is 10.8 Å². The molecule has 0 radical (unpaired) electrons. The normalized spacial score (nSPS) is 14.2. The lowest BCUT2D eigenvalue weighted by Crippen LogP contribution is -2.44. The molecule has 2 heterocycles. The molecule has 8 nitrogen and oxygen atoms in total. The van der Waals surface area contributed by atoms with Crippen molar-refractivity contribution in [3.05, 3.63) is 77.6 Å². The monoisotopic (exact) mass is 472 g/mol. The second-order valence-corrected chi connectivity index (χ2v) is 9.14. The number of rotatable bonds is 5. The van der Waals surface area contributed by atoms with Gasteiger partial charge in [-0.1, -0.05) is 19.9 Å². The van der Waals surface area contributed by atoms with Gasteiger partial charge in [0.1, 0.15) is 23.0 Å². The third-order valence-electron chi connectivity index (χ3n) is 6.35. The van der Waals surface area contributed by atoms with Gasteiger partial charge in [-0.05, 0) is 61.0 Å². The largest absolute Gasteiger partial charge is 0.508 e. The molecule has 1 saturated heterocycles. The smallest absolute Gasteiger partial charge is 0.157 e. The summed E-state index contributed by atoms with van der Waals surface area (Å²) >= 11 is 0. The third-order valence-corrected chi connectivity index (χ3v) is 6.35. The van der Waals surface area contributed by atoms with E-state index in [2.05, 4.69) is 21.8 Å². The minimum Gasteiger partial charge on any atom is -0.508 e. The molecule has 1 aliphatic heterocycles. The van der Waals surface area contributed by atoms with Crippen LogP contribution < -0.4 is 9.80 Å². The Morgan fingerprint density at radius 2 is 1.60 bits per heavy atom. The van der Waals surface area contributed by atoms with Crippen molar-refractivity contribution in [2.45, 2.75) is 19.8 Å². The molecule has 182 valence electrons. The number of likely N-dealkylation sites (N-methyl/N-ethyl adjacent to an activating group) is 1. The summed E-state index contributed by atoms with van der Waals surface area (Å²) in [6.45, 7) is 7.76. The molecule has 0 unspecified atom stereocenters. The molecule has 1 aliphatic rings. The topological polar surface area (TPSA) is 111 Å². The Kier molecular flexibility index (Phi) is 7.02. The van der Waals surface area contributed by atoms with Crippen LogP contribution in [0.1, 0.15) is 36.6 Å². The highest BCUT2D eigenvalue weighted by Crippen LogP contribution is 2.34. The van der Waals surface area contributed by atoms with Gasteiger partial charge in [-0.2, -0.15) is 0 Å². The van der Waals surface area contributed by atoms with Crippen LogP contribution in [0.5, 0.6) is 11.5 Å². The average Bonchev–Trinajstić information content (AvgIpc) is 2.85. The maximum Gasteiger partial charge on any atom is 0.157 e. The van der Waals surface area contributed by atoms with Gasteiger partial charge in [0.25, 0.3) is 0 Å². The van der Waals surface area contributed by atoms with Crippen LogP contribution in [0.25, 0.3) is 0 Å². The molecular formula is C27H32N6O2. The number of anilines is 2. The predicted molar refractivity (Wildman–Crippen MR) is 140 cm³/mol. The standard InChI is InChI=1S/C27H32N6O2/c1-18(2)21-16-22(25(35)17-24(21)34)26(28)33(27(29)23-6-4-5-11-30-23)20-9-7-19(8-10-20)32-14-12-31(3)13-15-32/h4-11,16-18,28-29,34-35H,12-15H2,1-3H3. The first-order chi connectivity index (χ1) is 16.8. The number of benzene rings is 2. The molecule has 1 fully saturated rings. The van der Waals surface area contributed by atoms with Gasteiger partial charge in [-0.3, -0.25) is 20.7 Å². The molecule has 0 aliphatic carbocycles. The van der Waals surface area contributed by atoms with Crippen molar-refractivity contribution >= 4 is 23.0 Å². The van der Waals surface area contributed by atoms with E-state index >= 15 is 0 Å². The maximum absolute atomic E-state index is 10.6. The van der Waals surface area contributed by atoms with E-state index in [0.717, 1.165) is 31.9 Å². The number of aromatic hydroxyl groups is 2. The van der Waals surface area contributed by atoms with E-state index in [4.69, 9.17) is 10.8 Å². The quantitative estimate of drug-likeness (QED) is 0.327. The zero-order chi connectivity index (χ0) is 25.1. The van der Waals surface area contributed by atoms with Crippen molar-refractivity contribution in [1.82, 2.24) is 9.88 Å². The van der Waals surface area contributed by atoms with Crippen molar-refractivity contribution < 1.29 is 10.2 Å². The number of phenols is 2. The van der Waals surface area contributed by atoms with Crippen LogP contribution in [0.4, 0.5) is 11.4 Å². The zero-order valence-electron chi connectivity index (χ0n) is 20.4. The first kappa shape index (κ1) is 24.2. The fourth-order valence-electron chi connectivity index (χ4n) is 4.23. The summed E-state index contributed by atoms with van der Waals surface area (Å²) in [6, 6.07) is 16.0. The van der Waals surface area contributed by atoms with Crippen molar-refractivity contribution in [3.8, 4) is 11.5 Å². The molecule has 2 aromatic carbocycles. The Morgan fingerprint density at radius 3 is 2.20 bits per heavy atom. The molecule has 4 N–H and O–H groups in total. The molecule has 35 heavy (non-hydrogen) atoms. The van der Waals surface area contributed by atoms with Gasteiger partial charge in [0.2, 0.25) is 0 Å². The Hall–Kier alpha value is -3.91. The molecule has 0 atom stereocenters. The maximum atomic E-state index is 10.6. The third kappa shape index (κ3) is 5.12. The van der Waals surface area contributed by atoms with E-state index in [0.29, 0.717) is 16.9 Å². The highest BCUT2D eigenvalue weighted by Gasteiger charge is 2.25.